The molecule has 1 amide bonds. The van der Waals surface area contributed by atoms with Crippen LogP contribution in [0.3, 0.4) is 0 Å². The molecule has 2 aromatic carbocycles. The van der Waals surface area contributed by atoms with Crippen LogP contribution in [0.4, 0.5) is 18.9 Å². The predicted octanol–water partition coefficient (Wildman–Crippen LogP) is 4.20. The topological polar surface area (TPSA) is 90.7 Å². The number of esters is 1. The molecule has 3 rings (SSSR count). The van der Waals surface area contributed by atoms with Gasteiger partial charge in [0.05, 0.1) is 18.3 Å². The smallest absolute Gasteiger partial charge is 0.387 e. The van der Waals surface area contributed by atoms with E-state index in [1.54, 1.807) is 0 Å². The number of carbonyl (C=O) groups is 2. The fraction of sp³-hybridized carbons (Fsp3) is 0.190. The Kier molecular flexibility index (Phi) is 7.26. The summed E-state index contributed by atoms with van der Waals surface area (Å²) in [7, 11) is 0. The van der Waals surface area contributed by atoms with Crippen LogP contribution in [-0.4, -0.2) is 30.1 Å². The number of carbonyl (C=O) groups excluding carboxylic acids is 2. The van der Waals surface area contributed by atoms with Gasteiger partial charge in [0.1, 0.15) is 11.6 Å². The molecule has 0 fully saturated rings. The number of nitrogens with zero attached hydrogens (tertiary/aromatic N) is 1. The number of ether oxygens (including phenoxy) is 2. The van der Waals surface area contributed by atoms with Gasteiger partial charge in [0.25, 0.3) is 5.91 Å². The van der Waals surface area contributed by atoms with Gasteiger partial charge in [-0.15, -0.1) is 0 Å². The number of alkyl halides is 2. The number of halogens is 3. The molecule has 31 heavy (non-hydrogen) atoms. The van der Waals surface area contributed by atoms with Crippen molar-refractivity contribution in [2.75, 3.05) is 11.9 Å². The lowest BCUT2D eigenvalue weighted by atomic mass is 10.2. The third-order valence-corrected chi connectivity index (χ3v) is 3.97. The quantitative estimate of drug-likeness (QED) is 0.508. The number of aryl methyl sites for hydroxylation is 1. The SMILES string of the molecule is O=C(COC(=O)CCc1ncc(-c2ccc(F)cc2)o1)Nc1ccccc1OC(F)F. The summed E-state index contributed by atoms with van der Waals surface area (Å²) in [5, 5.41) is 2.34. The molecule has 3 aromatic rings. The van der Waals surface area contributed by atoms with Crippen LogP contribution >= 0.6 is 0 Å². The van der Waals surface area contributed by atoms with E-state index in [1.165, 1.54) is 54.7 Å². The van der Waals surface area contributed by atoms with Crippen LogP contribution in [0.5, 0.6) is 5.75 Å². The Bertz CT molecular complexity index is 1040. The molecule has 0 radical (unpaired) electrons. The minimum Gasteiger partial charge on any atom is -0.456 e. The van der Waals surface area contributed by atoms with Gasteiger partial charge in [-0.2, -0.15) is 8.78 Å². The fourth-order valence-corrected chi connectivity index (χ4v) is 2.56. The fourth-order valence-electron chi connectivity index (χ4n) is 2.56. The van der Waals surface area contributed by atoms with E-state index in [0.717, 1.165) is 0 Å². The van der Waals surface area contributed by atoms with Gasteiger partial charge in [-0.3, -0.25) is 9.59 Å². The number of aromatic nitrogens is 1. The number of hydrogen-bond donors (Lipinski definition) is 1. The van der Waals surface area contributed by atoms with E-state index in [9.17, 15) is 22.8 Å². The standard InChI is InChI=1S/C21H17F3N2O5/c22-14-7-5-13(6-8-14)17-11-25-19(30-17)9-10-20(28)29-12-18(27)26-15-3-1-2-4-16(15)31-21(23)24/h1-8,11,21H,9-10,12H2,(H,26,27). The molecule has 1 heterocycles. The maximum absolute atomic E-state index is 13.0. The molecule has 10 heteroatoms. The van der Waals surface area contributed by atoms with E-state index in [0.29, 0.717) is 11.3 Å². The minimum absolute atomic E-state index is 0.0250. The lowest BCUT2D eigenvalue weighted by Crippen LogP contribution is -2.21. The average molecular weight is 434 g/mol. The van der Waals surface area contributed by atoms with E-state index >= 15 is 0 Å². The van der Waals surface area contributed by atoms with Gasteiger partial charge < -0.3 is 19.2 Å². The Morgan fingerprint density at radius 2 is 1.84 bits per heavy atom. The molecule has 0 aliphatic heterocycles. The first kappa shape index (κ1) is 21.9. The Labute approximate surface area is 174 Å². The normalized spacial score (nSPS) is 10.7. The van der Waals surface area contributed by atoms with Crippen molar-refractivity contribution in [1.82, 2.24) is 4.98 Å². The molecule has 0 saturated heterocycles. The Hall–Kier alpha value is -3.82. The second kappa shape index (κ2) is 10.3. The summed E-state index contributed by atoms with van der Waals surface area (Å²) < 4.78 is 52.5. The van der Waals surface area contributed by atoms with Gasteiger partial charge in [-0.25, -0.2) is 9.37 Å². The average Bonchev–Trinajstić information content (AvgIpc) is 3.21. The summed E-state index contributed by atoms with van der Waals surface area (Å²) in [4.78, 5) is 27.8. The first-order valence-electron chi connectivity index (χ1n) is 9.10. The van der Waals surface area contributed by atoms with E-state index in [2.05, 4.69) is 15.0 Å². The number of rotatable bonds is 9. The number of anilines is 1. The summed E-state index contributed by atoms with van der Waals surface area (Å²) in [5.41, 5.74) is 0.660. The van der Waals surface area contributed by atoms with Gasteiger partial charge in [0, 0.05) is 12.0 Å². The predicted molar refractivity (Wildman–Crippen MR) is 103 cm³/mol. The van der Waals surface area contributed by atoms with Crippen molar-refractivity contribution < 1.29 is 36.7 Å². The van der Waals surface area contributed by atoms with Crippen molar-refractivity contribution in [2.45, 2.75) is 19.5 Å². The van der Waals surface area contributed by atoms with Crippen molar-refractivity contribution in [2.24, 2.45) is 0 Å². The second-order valence-electron chi connectivity index (χ2n) is 6.21. The highest BCUT2D eigenvalue weighted by Gasteiger charge is 2.14. The summed E-state index contributed by atoms with van der Waals surface area (Å²) in [6.07, 6.45) is 1.49. The van der Waals surface area contributed by atoms with Crippen molar-refractivity contribution >= 4 is 17.6 Å². The van der Waals surface area contributed by atoms with Gasteiger partial charge in [0.15, 0.2) is 18.3 Å². The van der Waals surface area contributed by atoms with Gasteiger partial charge >= 0.3 is 12.6 Å². The number of oxazole rings is 1. The van der Waals surface area contributed by atoms with E-state index < -0.39 is 25.1 Å². The van der Waals surface area contributed by atoms with E-state index in [4.69, 9.17) is 9.15 Å². The number of nitrogens with one attached hydrogen (secondary N) is 1. The molecule has 1 N–H and O–H groups in total. The maximum Gasteiger partial charge on any atom is 0.387 e. The summed E-state index contributed by atoms with van der Waals surface area (Å²) in [6.45, 7) is -3.65. The van der Waals surface area contributed by atoms with Crippen LogP contribution < -0.4 is 10.1 Å². The van der Waals surface area contributed by atoms with Crippen LogP contribution in [0.15, 0.2) is 59.1 Å². The highest BCUT2D eigenvalue weighted by atomic mass is 19.3. The van der Waals surface area contributed by atoms with Crippen molar-refractivity contribution in [3.63, 3.8) is 0 Å². The largest absolute Gasteiger partial charge is 0.456 e. The van der Waals surface area contributed by atoms with E-state index in [-0.39, 0.29) is 36.0 Å². The molecular formula is C21H17F3N2O5. The first-order chi connectivity index (χ1) is 14.9. The third kappa shape index (κ3) is 6.59. The zero-order valence-electron chi connectivity index (χ0n) is 16.0. The molecule has 0 atom stereocenters. The van der Waals surface area contributed by atoms with Crippen LogP contribution in [0.2, 0.25) is 0 Å². The Morgan fingerprint density at radius 1 is 1.10 bits per heavy atom. The van der Waals surface area contributed by atoms with Crippen LogP contribution in [0, 0.1) is 5.82 Å². The highest BCUT2D eigenvalue weighted by Crippen LogP contribution is 2.25. The summed E-state index contributed by atoms with van der Waals surface area (Å²) in [5.74, 6) is -1.27. The minimum atomic E-state index is -3.05. The molecule has 0 unspecified atom stereocenters. The number of para-hydroxylation sites is 2. The Balaban J connectivity index is 1.44. The molecule has 0 aliphatic rings. The second-order valence-corrected chi connectivity index (χ2v) is 6.21. The number of hydrogen-bond acceptors (Lipinski definition) is 6. The maximum atomic E-state index is 13.0. The van der Waals surface area contributed by atoms with Crippen LogP contribution in [0.25, 0.3) is 11.3 Å². The number of benzene rings is 2. The molecule has 162 valence electrons. The molecule has 7 nitrogen and oxygen atoms in total. The van der Waals surface area contributed by atoms with Gasteiger partial charge in [0.2, 0.25) is 0 Å². The van der Waals surface area contributed by atoms with Crippen LogP contribution in [0.1, 0.15) is 12.3 Å². The molecule has 0 saturated carbocycles. The summed E-state index contributed by atoms with van der Waals surface area (Å²) >= 11 is 0. The van der Waals surface area contributed by atoms with E-state index in [1.807, 2.05) is 0 Å². The molecule has 0 aliphatic carbocycles. The van der Waals surface area contributed by atoms with Crippen molar-refractivity contribution in [1.29, 1.82) is 0 Å². The third-order valence-electron chi connectivity index (χ3n) is 3.97. The zero-order valence-corrected chi connectivity index (χ0v) is 16.0. The lowest BCUT2D eigenvalue weighted by Gasteiger charge is -2.11. The highest BCUT2D eigenvalue weighted by molar-refractivity contribution is 5.94. The number of amides is 1. The van der Waals surface area contributed by atoms with Crippen molar-refractivity contribution in [3.8, 4) is 17.1 Å². The Morgan fingerprint density at radius 3 is 2.58 bits per heavy atom. The molecule has 0 spiro atoms. The van der Waals surface area contributed by atoms with Gasteiger partial charge in [-0.05, 0) is 36.4 Å². The lowest BCUT2D eigenvalue weighted by molar-refractivity contribution is -0.147. The monoisotopic (exact) mass is 434 g/mol. The molecular weight excluding hydrogens is 417 g/mol. The van der Waals surface area contributed by atoms with Crippen molar-refractivity contribution in [3.05, 3.63) is 66.4 Å². The molecule has 1 aromatic heterocycles. The summed E-state index contributed by atoms with van der Waals surface area (Å²) in [6, 6.07) is 11.3. The first-order valence-corrected chi connectivity index (χ1v) is 9.10. The molecule has 0 bridgehead atoms. The van der Waals surface area contributed by atoms with Crippen LogP contribution in [-0.2, 0) is 20.7 Å². The van der Waals surface area contributed by atoms with Gasteiger partial charge in [-0.1, -0.05) is 12.1 Å². The zero-order chi connectivity index (χ0) is 22.2.